The van der Waals surface area contributed by atoms with Crippen molar-refractivity contribution in [2.75, 3.05) is 6.54 Å². The SMILES string of the molecule is CCNC(C)c1csc(-c2cc(C(F)(F)F)ccc2F)n1. The maximum atomic E-state index is 13.8. The fourth-order valence-corrected chi connectivity index (χ4v) is 2.82. The third-order valence-corrected chi connectivity index (χ3v) is 3.89. The standard InChI is InChI=1S/C14H14F4N2S/c1-3-19-8(2)12-7-21-13(20-12)10-6-9(14(16,17)18)4-5-11(10)15/h4-8,19H,3H2,1-2H3. The van der Waals surface area contributed by atoms with E-state index in [0.717, 1.165) is 36.1 Å². The van der Waals surface area contributed by atoms with Crippen LogP contribution in [0.1, 0.15) is 31.1 Å². The molecule has 2 rings (SSSR count). The minimum atomic E-state index is -4.50. The fraction of sp³-hybridized carbons (Fsp3) is 0.357. The first-order chi connectivity index (χ1) is 9.82. The van der Waals surface area contributed by atoms with E-state index < -0.39 is 17.6 Å². The van der Waals surface area contributed by atoms with Gasteiger partial charge >= 0.3 is 6.18 Å². The van der Waals surface area contributed by atoms with E-state index in [9.17, 15) is 17.6 Å². The number of benzene rings is 1. The predicted octanol–water partition coefficient (Wildman–Crippen LogP) is 4.64. The Hall–Kier alpha value is -1.47. The molecule has 1 atom stereocenters. The Balaban J connectivity index is 2.38. The molecule has 7 heteroatoms. The van der Waals surface area contributed by atoms with Gasteiger partial charge < -0.3 is 5.32 Å². The summed E-state index contributed by atoms with van der Waals surface area (Å²) in [7, 11) is 0. The minimum absolute atomic E-state index is 0.0335. The summed E-state index contributed by atoms with van der Waals surface area (Å²) < 4.78 is 51.9. The molecule has 2 nitrogen and oxygen atoms in total. The second kappa shape index (κ2) is 6.11. The van der Waals surface area contributed by atoms with Crippen molar-refractivity contribution in [2.24, 2.45) is 0 Å². The smallest absolute Gasteiger partial charge is 0.309 e. The minimum Gasteiger partial charge on any atom is -0.309 e. The quantitative estimate of drug-likeness (QED) is 0.831. The average Bonchev–Trinajstić information content (AvgIpc) is 2.87. The molecule has 0 spiro atoms. The van der Waals surface area contributed by atoms with Crippen molar-refractivity contribution in [1.82, 2.24) is 10.3 Å². The Bertz CT molecular complexity index is 622. The Kier molecular flexibility index (Phi) is 4.63. The van der Waals surface area contributed by atoms with Crippen LogP contribution in [-0.4, -0.2) is 11.5 Å². The molecule has 0 aliphatic carbocycles. The lowest BCUT2D eigenvalue weighted by Gasteiger charge is -2.09. The lowest BCUT2D eigenvalue weighted by Crippen LogP contribution is -2.17. The second-order valence-electron chi connectivity index (χ2n) is 4.55. The highest BCUT2D eigenvalue weighted by Gasteiger charge is 2.31. The molecule has 2 aromatic rings. The summed E-state index contributed by atoms with van der Waals surface area (Å²) in [4.78, 5) is 4.23. The molecule has 114 valence electrons. The summed E-state index contributed by atoms with van der Waals surface area (Å²) in [5.74, 6) is -0.708. The van der Waals surface area contributed by atoms with Crippen LogP contribution in [0, 0.1) is 5.82 Å². The number of aromatic nitrogens is 1. The second-order valence-corrected chi connectivity index (χ2v) is 5.41. The van der Waals surface area contributed by atoms with Gasteiger partial charge in [-0.1, -0.05) is 6.92 Å². The van der Waals surface area contributed by atoms with Crippen LogP contribution in [0.4, 0.5) is 17.6 Å². The molecule has 0 aliphatic heterocycles. The maximum absolute atomic E-state index is 13.8. The molecule has 21 heavy (non-hydrogen) atoms. The lowest BCUT2D eigenvalue weighted by molar-refractivity contribution is -0.137. The van der Waals surface area contributed by atoms with E-state index in [0.29, 0.717) is 5.69 Å². The third kappa shape index (κ3) is 3.59. The highest BCUT2D eigenvalue weighted by Crippen LogP contribution is 2.35. The molecule has 1 aromatic heterocycles. The number of hydrogen-bond acceptors (Lipinski definition) is 3. The third-order valence-electron chi connectivity index (χ3n) is 3.00. The van der Waals surface area contributed by atoms with Gasteiger partial charge in [-0.2, -0.15) is 13.2 Å². The number of nitrogens with one attached hydrogen (secondary N) is 1. The van der Waals surface area contributed by atoms with Gasteiger partial charge in [0.25, 0.3) is 0 Å². The molecule has 0 saturated heterocycles. The summed E-state index contributed by atoms with van der Waals surface area (Å²) in [6, 6.07) is 2.33. The Morgan fingerprint density at radius 1 is 1.33 bits per heavy atom. The highest BCUT2D eigenvalue weighted by atomic mass is 32.1. The van der Waals surface area contributed by atoms with Crippen molar-refractivity contribution in [2.45, 2.75) is 26.1 Å². The number of hydrogen-bond donors (Lipinski definition) is 1. The van der Waals surface area contributed by atoms with Crippen LogP contribution in [0.15, 0.2) is 23.6 Å². The van der Waals surface area contributed by atoms with E-state index in [1.54, 1.807) is 5.38 Å². The van der Waals surface area contributed by atoms with Crippen molar-refractivity contribution in [3.63, 3.8) is 0 Å². The number of thiazole rings is 1. The molecule has 1 heterocycles. The monoisotopic (exact) mass is 318 g/mol. The zero-order valence-corrected chi connectivity index (χ0v) is 12.3. The summed E-state index contributed by atoms with van der Waals surface area (Å²) in [6.07, 6.45) is -4.50. The normalized spacial score (nSPS) is 13.4. The summed E-state index contributed by atoms with van der Waals surface area (Å²) in [5.41, 5.74) is -0.311. The van der Waals surface area contributed by atoms with E-state index in [4.69, 9.17) is 0 Å². The molecule has 1 aromatic carbocycles. The number of nitrogens with zero attached hydrogens (tertiary/aromatic N) is 1. The van der Waals surface area contributed by atoms with Gasteiger partial charge in [0.05, 0.1) is 11.3 Å². The van der Waals surface area contributed by atoms with Crippen molar-refractivity contribution in [3.05, 3.63) is 40.7 Å². The molecule has 0 bridgehead atoms. The van der Waals surface area contributed by atoms with Crippen LogP contribution in [-0.2, 0) is 6.18 Å². The fourth-order valence-electron chi connectivity index (χ4n) is 1.88. The molecule has 0 fully saturated rings. The van der Waals surface area contributed by atoms with Gasteiger partial charge in [-0.15, -0.1) is 11.3 Å². The van der Waals surface area contributed by atoms with Gasteiger partial charge in [0.2, 0.25) is 0 Å². The summed E-state index contributed by atoms with van der Waals surface area (Å²) >= 11 is 1.13. The predicted molar refractivity (Wildman–Crippen MR) is 74.6 cm³/mol. The molecule has 0 aliphatic rings. The Morgan fingerprint density at radius 2 is 2.05 bits per heavy atom. The Morgan fingerprint density at radius 3 is 2.67 bits per heavy atom. The number of halogens is 4. The molecular formula is C14H14F4N2S. The number of rotatable bonds is 4. The van der Waals surface area contributed by atoms with E-state index in [2.05, 4.69) is 10.3 Å². The molecular weight excluding hydrogens is 304 g/mol. The molecule has 1 N–H and O–H groups in total. The summed E-state index contributed by atoms with van der Waals surface area (Å²) in [5, 5.41) is 5.12. The first-order valence-electron chi connectivity index (χ1n) is 6.39. The van der Waals surface area contributed by atoms with E-state index in [1.165, 1.54) is 0 Å². The van der Waals surface area contributed by atoms with E-state index in [-0.39, 0.29) is 16.6 Å². The maximum Gasteiger partial charge on any atom is 0.416 e. The molecule has 0 radical (unpaired) electrons. The van der Waals surface area contributed by atoms with Gasteiger partial charge in [-0.05, 0) is 31.7 Å². The van der Waals surface area contributed by atoms with Crippen molar-refractivity contribution in [1.29, 1.82) is 0 Å². The lowest BCUT2D eigenvalue weighted by atomic mass is 10.1. The first kappa shape index (κ1) is 15.9. The van der Waals surface area contributed by atoms with Gasteiger partial charge in [0.1, 0.15) is 10.8 Å². The van der Waals surface area contributed by atoms with E-state index in [1.807, 2.05) is 13.8 Å². The highest BCUT2D eigenvalue weighted by molar-refractivity contribution is 7.13. The number of alkyl halides is 3. The van der Waals surface area contributed by atoms with Gasteiger partial charge in [-0.3, -0.25) is 0 Å². The van der Waals surface area contributed by atoms with Crippen LogP contribution >= 0.6 is 11.3 Å². The average molecular weight is 318 g/mol. The molecule has 0 amide bonds. The van der Waals surface area contributed by atoms with Crippen molar-refractivity contribution in [3.8, 4) is 10.6 Å². The van der Waals surface area contributed by atoms with Crippen molar-refractivity contribution < 1.29 is 17.6 Å². The van der Waals surface area contributed by atoms with Crippen LogP contribution in [0.3, 0.4) is 0 Å². The van der Waals surface area contributed by atoms with Gasteiger partial charge in [-0.25, -0.2) is 9.37 Å². The molecule has 0 saturated carbocycles. The van der Waals surface area contributed by atoms with E-state index >= 15 is 0 Å². The summed E-state index contributed by atoms with van der Waals surface area (Å²) in [6.45, 7) is 4.58. The van der Waals surface area contributed by atoms with Crippen LogP contribution in [0.5, 0.6) is 0 Å². The van der Waals surface area contributed by atoms with Crippen molar-refractivity contribution >= 4 is 11.3 Å². The Labute approximate surface area is 123 Å². The zero-order valence-electron chi connectivity index (χ0n) is 11.5. The van der Waals surface area contributed by atoms with Crippen LogP contribution < -0.4 is 5.32 Å². The molecule has 1 unspecified atom stereocenters. The van der Waals surface area contributed by atoms with Crippen LogP contribution in [0.2, 0.25) is 0 Å². The van der Waals surface area contributed by atoms with Gasteiger partial charge in [0, 0.05) is 17.0 Å². The topological polar surface area (TPSA) is 24.9 Å². The van der Waals surface area contributed by atoms with Gasteiger partial charge in [0.15, 0.2) is 0 Å². The van der Waals surface area contributed by atoms with Crippen LogP contribution in [0.25, 0.3) is 10.6 Å². The first-order valence-corrected chi connectivity index (χ1v) is 7.26. The zero-order chi connectivity index (χ0) is 15.6. The largest absolute Gasteiger partial charge is 0.416 e.